The molecule has 0 amide bonds. The molecule has 96 valence electrons. The number of hydrogen-bond donors (Lipinski definition) is 0. The van der Waals surface area contributed by atoms with Crippen molar-refractivity contribution in [1.29, 1.82) is 0 Å². The van der Waals surface area contributed by atoms with Crippen LogP contribution in [-0.2, 0) is 0 Å². The van der Waals surface area contributed by atoms with Gasteiger partial charge in [0.1, 0.15) is 6.29 Å². The van der Waals surface area contributed by atoms with Crippen LogP contribution in [0.3, 0.4) is 0 Å². The second kappa shape index (κ2) is 5.85. The average molecular weight is 271 g/mol. The predicted molar refractivity (Wildman–Crippen MR) is 81.7 cm³/mol. The van der Waals surface area contributed by atoms with Crippen LogP contribution in [0.25, 0.3) is 12.2 Å². The van der Waals surface area contributed by atoms with Gasteiger partial charge in [-0.05, 0) is 48.2 Å². The van der Waals surface area contributed by atoms with Crippen LogP contribution in [0.15, 0.2) is 36.4 Å². The SMILES string of the molecule is Cc1ccc(C=O)cc1/C=C/c1cccc(Cl)c1C. The standard InChI is InChI=1S/C17H15ClO/c1-12-6-7-14(11-19)10-16(12)9-8-15-4-3-5-17(18)13(15)2/h3-11H,1-2H3/b9-8+. The molecule has 0 aromatic heterocycles. The fraction of sp³-hybridized carbons (Fsp3) is 0.118. The molecule has 0 radical (unpaired) electrons. The maximum atomic E-state index is 10.8. The molecule has 1 nitrogen and oxygen atoms in total. The Balaban J connectivity index is 2.37. The summed E-state index contributed by atoms with van der Waals surface area (Å²) in [6.45, 7) is 4.02. The maximum absolute atomic E-state index is 10.8. The summed E-state index contributed by atoms with van der Waals surface area (Å²) >= 11 is 6.09. The fourth-order valence-corrected chi connectivity index (χ4v) is 2.08. The van der Waals surface area contributed by atoms with Gasteiger partial charge in [-0.3, -0.25) is 4.79 Å². The zero-order valence-electron chi connectivity index (χ0n) is 11.0. The molecular weight excluding hydrogens is 256 g/mol. The highest BCUT2D eigenvalue weighted by atomic mass is 35.5. The zero-order valence-corrected chi connectivity index (χ0v) is 11.7. The largest absolute Gasteiger partial charge is 0.298 e. The Morgan fingerprint density at radius 1 is 1.00 bits per heavy atom. The molecule has 2 rings (SSSR count). The lowest BCUT2D eigenvalue weighted by atomic mass is 10.0. The number of benzene rings is 2. The topological polar surface area (TPSA) is 17.1 Å². The van der Waals surface area contributed by atoms with Crippen LogP contribution in [0.4, 0.5) is 0 Å². The summed E-state index contributed by atoms with van der Waals surface area (Å²) in [6, 6.07) is 11.5. The molecule has 0 heterocycles. The van der Waals surface area contributed by atoms with Crippen LogP contribution in [0, 0.1) is 13.8 Å². The second-order valence-corrected chi connectivity index (χ2v) is 4.93. The van der Waals surface area contributed by atoms with E-state index in [9.17, 15) is 4.79 Å². The molecular formula is C17H15ClO. The van der Waals surface area contributed by atoms with E-state index in [2.05, 4.69) is 0 Å². The average Bonchev–Trinajstić information content (AvgIpc) is 2.42. The van der Waals surface area contributed by atoms with Crippen molar-refractivity contribution in [1.82, 2.24) is 0 Å². The Hall–Kier alpha value is -1.86. The Bertz CT molecular complexity index is 642. The summed E-state index contributed by atoms with van der Waals surface area (Å²) in [5.74, 6) is 0. The Kier molecular flexibility index (Phi) is 4.18. The maximum Gasteiger partial charge on any atom is 0.150 e. The third-order valence-corrected chi connectivity index (χ3v) is 3.60. The molecule has 0 fully saturated rings. The molecule has 0 atom stereocenters. The minimum atomic E-state index is 0.688. The normalized spacial score (nSPS) is 10.9. The van der Waals surface area contributed by atoms with Gasteiger partial charge in [0, 0.05) is 10.6 Å². The molecule has 0 aliphatic heterocycles. The second-order valence-electron chi connectivity index (χ2n) is 4.52. The van der Waals surface area contributed by atoms with Crippen molar-refractivity contribution in [3.8, 4) is 0 Å². The van der Waals surface area contributed by atoms with Gasteiger partial charge in [0.15, 0.2) is 0 Å². The van der Waals surface area contributed by atoms with E-state index in [1.54, 1.807) is 0 Å². The minimum absolute atomic E-state index is 0.688. The van der Waals surface area contributed by atoms with Gasteiger partial charge in [0.2, 0.25) is 0 Å². The van der Waals surface area contributed by atoms with E-state index in [0.717, 1.165) is 33.6 Å². The van der Waals surface area contributed by atoms with Crippen molar-refractivity contribution < 1.29 is 4.79 Å². The van der Waals surface area contributed by atoms with Crippen LogP contribution >= 0.6 is 11.6 Å². The Morgan fingerprint density at radius 3 is 2.47 bits per heavy atom. The summed E-state index contributed by atoms with van der Waals surface area (Å²) < 4.78 is 0. The first-order valence-corrected chi connectivity index (χ1v) is 6.48. The van der Waals surface area contributed by atoms with Gasteiger partial charge in [-0.15, -0.1) is 0 Å². The number of rotatable bonds is 3. The fourth-order valence-electron chi connectivity index (χ4n) is 1.90. The lowest BCUT2D eigenvalue weighted by Crippen LogP contribution is -1.86. The van der Waals surface area contributed by atoms with Crippen LogP contribution in [0.2, 0.25) is 5.02 Å². The molecule has 2 aromatic carbocycles. The summed E-state index contributed by atoms with van der Waals surface area (Å²) in [6.07, 6.45) is 4.90. The lowest BCUT2D eigenvalue weighted by Gasteiger charge is -2.04. The summed E-state index contributed by atoms with van der Waals surface area (Å²) in [5.41, 5.74) is 5.02. The van der Waals surface area contributed by atoms with Crippen molar-refractivity contribution in [2.75, 3.05) is 0 Å². The van der Waals surface area contributed by atoms with E-state index in [-0.39, 0.29) is 0 Å². The minimum Gasteiger partial charge on any atom is -0.298 e. The lowest BCUT2D eigenvalue weighted by molar-refractivity contribution is 0.112. The molecule has 19 heavy (non-hydrogen) atoms. The van der Waals surface area contributed by atoms with Crippen molar-refractivity contribution in [3.05, 3.63) is 69.2 Å². The molecule has 2 heteroatoms. The first-order chi connectivity index (χ1) is 9.11. The van der Waals surface area contributed by atoms with E-state index in [1.807, 2.05) is 62.4 Å². The molecule has 0 unspecified atom stereocenters. The summed E-state index contributed by atoms with van der Waals surface area (Å²) in [7, 11) is 0. The van der Waals surface area contributed by atoms with Crippen LogP contribution < -0.4 is 0 Å². The summed E-state index contributed by atoms with van der Waals surface area (Å²) in [4.78, 5) is 10.8. The molecule has 0 aliphatic carbocycles. The van der Waals surface area contributed by atoms with Gasteiger partial charge >= 0.3 is 0 Å². The first kappa shape index (κ1) is 13.6. The molecule has 2 aromatic rings. The zero-order chi connectivity index (χ0) is 13.8. The van der Waals surface area contributed by atoms with E-state index >= 15 is 0 Å². The monoisotopic (exact) mass is 270 g/mol. The number of halogens is 1. The highest BCUT2D eigenvalue weighted by molar-refractivity contribution is 6.31. The number of aryl methyl sites for hydroxylation is 1. The van der Waals surface area contributed by atoms with Gasteiger partial charge in [-0.1, -0.05) is 48.0 Å². The molecule has 0 aliphatic rings. The van der Waals surface area contributed by atoms with Crippen LogP contribution in [0.1, 0.15) is 32.6 Å². The molecule has 0 saturated heterocycles. The van der Waals surface area contributed by atoms with E-state index < -0.39 is 0 Å². The molecule has 0 N–H and O–H groups in total. The molecule has 0 bridgehead atoms. The quantitative estimate of drug-likeness (QED) is 0.570. The van der Waals surface area contributed by atoms with Crippen molar-refractivity contribution in [3.63, 3.8) is 0 Å². The van der Waals surface area contributed by atoms with Crippen molar-refractivity contribution >= 4 is 30.0 Å². The van der Waals surface area contributed by atoms with Crippen molar-refractivity contribution in [2.45, 2.75) is 13.8 Å². The smallest absolute Gasteiger partial charge is 0.150 e. The van der Waals surface area contributed by atoms with E-state index in [4.69, 9.17) is 11.6 Å². The van der Waals surface area contributed by atoms with Gasteiger partial charge in [-0.2, -0.15) is 0 Å². The third kappa shape index (κ3) is 3.12. The number of carbonyl (C=O) groups excluding carboxylic acids is 1. The van der Waals surface area contributed by atoms with Crippen LogP contribution in [-0.4, -0.2) is 6.29 Å². The number of carbonyl (C=O) groups is 1. The van der Waals surface area contributed by atoms with Gasteiger partial charge < -0.3 is 0 Å². The predicted octanol–water partition coefficient (Wildman–Crippen LogP) is 4.94. The highest BCUT2D eigenvalue weighted by Crippen LogP contribution is 2.21. The molecule has 0 spiro atoms. The highest BCUT2D eigenvalue weighted by Gasteiger charge is 2.00. The first-order valence-electron chi connectivity index (χ1n) is 6.11. The summed E-state index contributed by atoms with van der Waals surface area (Å²) in [5, 5.41) is 0.764. The number of hydrogen-bond acceptors (Lipinski definition) is 1. The number of aldehydes is 1. The third-order valence-electron chi connectivity index (χ3n) is 3.19. The van der Waals surface area contributed by atoms with Crippen LogP contribution in [0.5, 0.6) is 0 Å². The molecule has 0 saturated carbocycles. The van der Waals surface area contributed by atoms with Crippen molar-refractivity contribution in [2.24, 2.45) is 0 Å². The Morgan fingerprint density at radius 2 is 1.74 bits per heavy atom. The Labute approximate surface area is 118 Å². The van der Waals surface area contributed by atoms with Gasteiger partial charge in [0.05, 0.1) is 0 Å². The van der Waals surface area contributed by atoms with E-state index in [0.29, 0.717) is 5.56 Å². The van der Waals surface area contributed by atoms with Gasteiger partial charge in [0.25, 0.3) is 0 Å². The van der Waals surface area contributed by atoms with Gasteiger partial charge in [-0.25, -0.2) is 0 Å². The van der Waals surface area contributed by atoms with E-state index in [1.165, 1.54) is 0 Å².